The van der Waals surface area contributed by atoms with Crippen LogP contribution in [0.15, 0.2) is 6.20 Å². The van der Waals surface area contributed by atoms with E-state index >= 15 is 0 Å². The molecule has 0 aliphatic carbocycles. The molecule has 1 radical (unpaired) electrons. The van der Waals surface area contributed by atoms with E-state index in [2.05, 4.69) is 35.0 Å². The summed E-state index contributed by atoms with van der Waals surface area (Å²) in [5.41, 5.74) is 0.895. The minimum Gasteiger partial charge on any atom is -0.265 e. The average Bonchev–Trinajstić information content (AvgIpc) is 2.38. The van der Waals surface area contributed by atoms with E-state index in [1.165, 1.54) is 0 Å². The molecule has 1 aromatic heterocycles. The first-order chi connectivity index (χ1) is 4.84. The zero-order valence-electron chi connectivity index (χ0n) is 5.62. The summed E-state index contributed by atoms with van der Waals surface area (Å²) in [5.74, 6) is 0. The predicted molar refractivity (Wildman–Crippen MR) is 42.7 cm³/mol. The van der Waals surface area contributed by atoms with E-state index in [9.17, 15) is 0 Å². The molecule has 0 aliphatic rings. The normalized spacial score (nSPS) is 13.4. The molecule has 0 saturated heterocycles. The van der Waals surface area contributed by atoms with Crippen LogP contribution in [-0.2, 0) is 0 Å². The maximum Gasteiger partial charge on any atom is 0.0951 e. The number of rotatable bonds is 3. The van der Waals surface area contributed by atoms with E-state index in [1.54, 1.807) is 6.20 Å². The van der Waals surface area contributed by atoms with Crippen LogP contribution in [0.5, 0.6) is 0 Å². The highest BCUT2D eigenvalue weighted by atomic mass is 32.1. The van der Waals surface area contributed by atoms with Gasteiger partial charge in [0, 0.05) is 11.4 Å². The van der Waals surface area contributed by atoms with Gasteiger partial charge in [-0.25, -0.2) is 0 Å². The Bertz CT molecular complexity index is 173. The maximum atomic E-state index is 4.30. The number of H-pyrrole nitrogens is 1. The summed E-state index contributed by atoms with van der Waals surface area (Å²) in [6.07, 6.45) is 3.57. The quantitative estimate of drug-likeness (QED) is 0.649. The van der Waals surface area contributed by atoms with Gasteiger partial charge < -0.3 is 0 Å². The lowest BCUT2D eigenvalue weighted by atomic mass is 10.2. The van der Waals surface area contributed by atoms with Gasteiger partial charge in [-0.05, 0) is 6.42 Å². The Morgan fingerprint density at radius 2 is 2.60 bits per heavy atom. The van der Waals surface area contributed by atoms with Crippen molar-refractivity contribution < 1.29 is 0 Å². The van der Waals surface area contributed by atoms with Crippen molar-refractivity contribution in [3.8, 4) is 0 Å². The van der Waals surface area contributed by atoms with Crippen molar-refractivity contribution in [3.63, 3.8) is 0 Å². The lowest BCUT2D eigenvalue weighted by Crippen LogP contribution is -1.89. The molecule has 1 N–H and O–H groups in total. The highest BCUT2D eigenvalue weighted by Crippen LogP contribution is 2.21. The fourth-order valence-corrected chi connectivity index (χ4v) is 1.02. The fraction of sp³-hybridized carbons (Fsp3) is 0.500. The standard InChI is InChI=1S/C6H10N3S/c1-2-3-6(10)5-4-7-9-8-5/h4,6,10H,1-3H2,(H,7,8,9). The van der Waals surface area contributed by atoms with Crippen molar-refractivity contribution in [2.75, 3.05) is 0 Å². The van der Waals surface area contributed by atoms with Crippen LogP contribution in [0.2, 0.25) is 0 Å². The first kappa shape index (κ1) is 7.60. The molecule has 10 heavy (non-hydrogen) atoms. The Morgan fingerprint density at radius 3 is 3.10 bits per heavy atom. The number of hydrogen-bond donors (Lipinski definition) is 2. The summed E-state index contributed by atoms with van der Waals surface area (Å²) in [7, 11) is 0. The molecule has 1 atom stereocenters. The van der Waals surface area contributed by atoms with Crippen LogP contribution in [0, 0.1) is 6.92 Å². The zero-order valence-corrected chi connectivity index (χ0v) is 6.51. The molecule has 1 unspecified atom stereocenters. The van der Waals surface area contributed by atoms with Crippen LogP contribution in [0.4, 0.5) is 0 Å². The minimum absolute atomic E-state index is 0.177. The van der Waals surface area contributed by atoms with E-state index < -0.39 is 0 Å². The first-order valence-corrected chi connectivity index (χ1v) is 3.70. The van der Waals surface area contributed by atoms with E-state index in [4.69, 9.17) is 0 Å². The third-order valence-corrected chi connectivity index (χ3v) is 1.78. The van der Waals surface area contributed by atoms with Crippen molar-refractivity contribution in [1.29, 1.82) is 0 Å². The zero-order chi connectivity index (χ0) is 7.40. The maximum absolute atomic E-state index is 4.30. The Balaban J connectivity index is 2.50. The van der Waals surface area contributed by atoms with Gasteiger partial charge in [0.15, 0.2) is 0 Å². The largest absolute Gasteiger partial charge is 0.265 e. The van der Waals surface area contributed by atoms with Crippen molar-refractivity contribution in [3.05, 3.63) is 18.8 Å². The molecule has 1 heterocycles. The van der Waals surface area contributed by atoms with Gasteiger partial charge in [-0.2, -0.15) is 12.6 Å². The van der Waals surface area contributed by atoms with Gasteiger partial charge in [-0.3, -0.25) is 5.10 Å². The average molecular weight is 156 g/mol. The van der Waals surface area contributed by atoms with E-state index in [-0.39, 0.29) is 5.25 Å². The minimum atomic E-state index is 0.177. The third-order valence-electron chi connectivity index (χ3n) is 1.25. The topological polar surface area (TPSA) is 41.6 Å². The third kappa shape index (κ3) is 1.73. The van der Waals surface area contributed by atoms with E-state index in [1.807, 2.05) is 0 Å². The number of nitrogens with zero attached hydrogens (tertiary/aromatic N) is 2. The molecule has 0 fully saturated rings. The Kier molecular flexibility index (Phi) is 2.74. The number of hydrogen-bond acceptors (Lipinski definition) is 3. The smallest absolute Gasteiger partial charge is 0.0951 e. The number of aromatic nitrogens is 3. The van der Waals surface area contributed by atoms with Gasteiger partial charge in [-0.1, -0.05) is 18.6 Å². The van der Waals surface area contributed by atoms with E-state index in [0.29, 0.717) is 0 Å². The van der Waals surface area contributed by atoms with Gasteiger partial charge in [0.25, 0.3) is 0 Å². The number of thiol groups is 1. The van der Waals surface area contributed by atoms with Crippen molar-refractivity contribution in [2.45, 2.75) is 18.1 Å². The Hall–Kier alpha value is -0.510. The van der Waals surface area contributed by atoms with Crippen LogP contribution in [0.3, 0.4) is 0 Å². The number of nitrogens with one attached hydrogen (secondary N) is 1. The van der Waals surface area contributed by atoms with Crippen LogP contribution < -0.4 is 0 Å². The molecule has 0 aliphatic heterocycles. The van der Waals surface area contributed by atoms with Crippen molar-refractivity contribution in [2.24, 2.45) is 0 Å². The molecule has 0 saturated carbocycles. The molecule has 55 valence electrons. The highest BCUT2D eigenvalue weighted by molar-refractivity contribution is 7.80. The second kappa shape index (κ2) is 3.61. The Labute approximate surface area is 65.6 Å². The summed E-state index contributed by atoms with van der Waals surface area (Å²) < 4.78 is 0. The summed E-state index contributed by atoms with van der Waals surface area (Å²) in [5, 5.41) is 10.2. The van der Waals surface area contributed by atoms with Gasteiger partial charge >= 0.3 is 0 Å². The molecule has 0 aromatic carbocycles. The highest BCUT2D eigenvalue weighted by Gasteiger charge is 2.06. The van der Waals surface area contributed by atoms with Crippen LogP contribution >= 0.6 is 12.6 Å². The monoisotopic (exact) mass is 156 g/mol. The number of aromatic amines is 1. The SMILES string of the molecule is [CH2]CCC(S)c1c[nH]nn1. The summed E-state index contributed by atoms with van der Waals surface area (Å²) in [6, 6.07) is 0. The molecule has 0 amide bonds. The second-order valence-corrected chi connectivity index (χ2v) is 2.68. The molecule has 1 aromatic rings. The lowest BCUT2D eigenvalue weighted by molar-refractivity contribution is 0.791. The van der Waals surface area contributed by atoms with Gasteiger partial charge in [-0.15, -0.1) is 5.10 Å². The molecule has 0 spiro atoms. The van der Waals surface area contributed by atoms with E-state index in [0.717, 1.165) is 18.5 Å². The predicted octanol–water partition coefficient (Wildman–Crippen LogP) is 1.39. The van der Waals surface area contributed by atoms with Gasteiger partial charge in [0.1, 0.15) is 0 Å². The molecule has 0 bridgehead atoms. The van der Waals surface area contributed by atoms with Crippen molar-refractivity contribution in [1.82, 2.24) is 15.4 Å². The first-order valence-electron chi connectivity index (χ1n) is 3.18. The summed E-state index contributed by atoms with van der Waals surface area (Å²) in [6.45, 7) is 3.73. The fourth-order valence-electron chi connectivity index (χ4n) is 0.715. The summed E-state index contributed by atoms with van der Waals surface area (Å²) in [4.78, 5) is 0. The molecule has 1 rings (SSSR count). The van der Waals surface area contributed by atoms with Crippen LogP contribution in [-0.4, -0.2) is 15.4 Å². The molecular weight excluding hydrogens is 146 g/mol. The second-order valence-electron chi connectivity index (χ2n) is 2.06. The van der Waals surface area contributed by atoms with Gasteiger partial charge in [0.05, 0.1) is 5.69 Å². The molecule has 4 heteroatoms. The summed E-state index contributed by atoms with van der Waals surface area (Å²) >= 11 is 4.30. The molecule has 3 nitrogen and oxygen atoms in total. The van der Waals surface area contributed by atoms with Crippen molar-refractivity contribution >= 4 is 12.6 Å². The van der Waals surface area contributed by atoms with Crippen LogP contribution in [0.25, 0.3) is 0 Å². The van der Waals surface area contributed by atoms with Gasteiger partial charge in [0.2, 0.25) is 0 Å². The Morgan fingerprint density at radius 1 is 1.80 bits per heavy atom. The van der Waals surface area contributed by atoms with Crippen LogP contribution in [0.1, 0.15) is 23.8 Å². The molecular formula is C6H10N3S. The lowest BCUT2D eigenvalue weighted by Gasteiger charge is -2.02.